The van der Waals surface area contributed by atoms with E-state index in [-0.39, 0.29) is 23.6 Å². The zero-order chi connectivity index (χ0) is 40.5. The van der Waals surface area contributed by atoms with Crippen LogP contribution in [0.25, 0.3) is 12.2 Å². The van der Waals surface area contributed by atoms with Crippen molar-refractivity contribution < 1.29 is 38.2 Å². The number of anilines is 2. The van der Waals surface area contributed by atoms with Crippen LogP contribution in [0.4, 0.5) is 21.0 Å². The Balaban J connectivity index is 0.981. The second kappa shape index (κ2) is 15.6. The van der Waals surface area contributed by atoms with E-state index in [2.05, 4.69) is 21.3 Å². The minimum atomic E-state index is -1.02. The van der Waals surface area contributed by atoms with Crippen LogP contribution in [0, 0.1) is 0 Å². The quantitative estimate of drug-likeness (QED) is 0.218. The van der Waals surface area contributed by atoms with Crippen LogP contribution < -0.4 is 21.3 Å². The molecule has 2 saturated carbocycles. The van der Waals surface area contributed by atoms with Gasteiger partial charge in [-0.3, -0.25) is 19.2 Å². The molecule has 2 aliphatic carbocycles. The van der Waals surface area contributed by atoms with Crippen LogP contribution in [-0.4, -0.2) is 93.1 Å². The van der Waals surface area contributed by atoms with Crippen molar-refractivity contribution in [2.45, 2.75) is 127 Å². The van der Waals surface area contributed by atoms with Crippen molar-refractivity contribution in [3.8, 4) is 0 Å². The average molecular weight is 771 g/mol. The van der Waals surface area contributed by atoms with Gasteiger partial charge in [-0.2, -0.15) is 0 Å². The van der Waals surface area contributed by atoms with Gasteiger partial charge >= 0.3 is 12.2 Å². The molecule has 14 heteroatoms. The van der Waals surface area contributed by atoms with Crippen molar-refractivity contribution in [2.24, 2.45) is 0 Å². The molecule has 2 aliphatic heterocycles. The van der Waals surface area contributed by atoms with Crippen LogP contribution in [0.5, 0.6) is 0 Å². The molecule has 4 aliphatic rings. The fraction of sp³-hybridized carbons (Fsp3) is 0.524. The number of rotatable bonds is 10. The standard InChI is InChI=1S/C42H54N6O8/c1-39(2,3)55-37(53)45-41(21-22-41)35(51)47-25-7-9-31(47)33(49)43-29-17-13-27(14-18-29)11-12-28-15-19-30(20-16-28)44-34(50)32-10-8-26-48(32)36(52)42(23-24-42)46-38(54)56-40(4,5)6/h11-20,31-32H,7-10,21-26H2,1-6H3,(H,43,49)(H,44,50)(H,45,53)(H,46,54)/b12-11+/t31-,32-/m0/s1. The van der Waals surface area contributed by atoms with Crippen LogP contribution in [0.2, 0.25) is 0 Å². The van der Waals surface area contributed by atoms with Gasteiger partial charge in [0, 0.05) is 24.5 Å². The van der Waals surface area contributed by atoms with E-state index >= 15 is 0 Å². The van der Waals surface area contributed by atoms with Gasteiger partial charge in [0.2, 0.25) is 23.6 Å². The molecule has 4 fully saturated rings. The third kappa shape index (κ3) is 9.87. The lowest BCUT2D eigenvalue weighted by Gasteiger charge is -2.29. The Morgan fingerprint density at radius 1 is 0.589 bits per heavy atom. The number of nitrogens with one attached hydrogen (secondary N) is 4. The number of hydrogen-bond acceptors (Lipinski definition) is 8. The van der Waals surface area contributed by atoms with Gasteiger partial charge < -0.3 is 40.5 Å². The predicted molar refractivity (Wildman–Crippen MR) is 211 cm³/mol. The first-order valence-corrected chi connectivity index (χ1v) is 19.5. The SMILES string of the molecule is CC(C)(C)OC(=O)NC1(C(=O)N2CCC[C@H]2C(=O)Nc2ccc(/C=C/c3ccc(NC(=O)[C@@H]4CCCN4C(=O)C4(NC(=O)OC(C)(C)C)CC4)cc3)cc2)CC1. The monoisotopic (exact) mass is 770 g/mol. The molecule has 300 valence electrons. The molecule has 4 N–H and O–H groups in total. The number of carbonyl (C=O) groups is 6. The Kier molecular flexibility index (Phi) is 11.2. The second-order valence-electron chi connectivity index (χ2n) is 17.3. The summed E-state index contributed by atoms with van der Waals surface area (Å²) >= 11 is 0. The van der Waals surface area contributed by atoms with E-state index in [1.165, 1.54) is 0 Å². The van der Waals surface area contributed by atoms with Gasteiger partial charge in [0.25, 0.3) is 0 Å². The number of nitrogens with zero attached hydrogens (tertiary/aromatic N) is 2. The van der Waals surface area contributed by atoms with Gasteiger partial charge in [0.15, 0.2) is 0 Å². The maximum atomic E-state index is 13.5. The van der Waals surface area contributed by atoms with Crippen LogP contribution in [-0.2, 0) is 28.7 Å². The van der Waals surface area contributed by atoms with E-state index in [1.807, 2.05) is 36.4 Å². The third-order valence-corrected chi connectivity index (χ3v) is 10.3. The van der Waals surface area contributed by atoms with E-state index in [0.29, 0.717) is 75.8 Å². The minimum Gasteiger partial charge on any atom is -0.444 e. The molecule has 0 unspecified atom stereocenters. The Bertz CT molecular complexity index is 1730. The Labute approximate surface area is 328 Å². The van der Waals surface area contributed by atoms with E-state index in [1.54, 1.807) is 75.6 Å². The molecule has 6 rings (SSSR count). The fourth-order valence-corrected chi connectivity index (χ4v) is 7.15. The maximum absolute atomic E-state index is 13.5. The summed E-state index contributed by atoms with van der Waals surface area (Å²) in [5, 5.41) is 11.4. The number of ether oxygens (including phenoxy) is 2. The van der Waals surface area contributed by atoms with Crippen molar-refractivity contribution in [3.63, 3.8) is 0 Å². The molecule has 2 heterocycles. The summed E-state index contributed by atoms with van der Waals surface area (Å²) in [6.07, 6.45) is 7.09. The fourth-order valence-electron chi connectivity index (χ4n) is 7.15. The maximum Gasteiger partial charge on any atom is 0.408 e. The molecule has 0 spiro atoms. The van der Waals surface area contributed by atoms with E-state index < -0.39 is 46.6 Å². The highest BCUT2D eigenvalue weighted by molar-refractivity contribution is 6.02. The Hall–Kier alpha value is -5.40. The van der Waals surface area contributed by atoms with Gasteiger partial charge in [0.1, 0.15) is 34.4 Å². The highest BCUT2D eigenvalue weighted by Gasteiger charge is 2.57. The molecule has 0 aromatic heterocycles. The highest BCUT2D eigenvalue weighted by Crippen LogP contribution is 2.41. The largest absolute Gasteiger partial charge is 0.444 e. The number of amides is 6. The van der Waals surface area contributed by atoms with Crippen molar-refractivity contribution in [1.82, 2.24) is 20.4 Å². The minimum absolute atomic E-state index is 0.248. The van der Waals surface area contributed by atoms with E-state index in [4.69, 9.17) is 9.47 Å². The summed E-state index contributed by atoms with van der Waals surface area (Å²) in [7, 11) is 0. The number of alkyl carbamates (subject to hydrolysis) is 2. The zero-order valence-corrected chi connectivity index (χ0v) is 33.2. The molecule has 6 amide bonds. The number of benzene rings is 2. The molecule has 56 heavy (non-hydrogen) atoms. The molecule has 2 aromatic rings. The van der Waals surface area contributed by atoms with Crippen LogP contribution in [0.1, 0.15) is 104 Å². The Morgan fingerprint density at radius 3 is 1.23 bits per heavy atom. The van der Waals surface area contributed by atoms with Crippen LogP contribution >= 0.6 is 0 Å². The van der Waals surface area contributed by atoms with Gasteiger partial charge in [0.05, 0.1) is 0 Å². The molecule has 14 nitrogen and oxygen atoms in total. The second-order valence-corrected chi connectivity index (χ2v) is 17.3. The summed E-state index contributed by atoms with van der Waals surface area (Å²) in [4.78, 5) is 81.6. The van der Waals surface area contributed by atoms with Gasteiger partial charge in [-0.15, -0.1) is 0 Å². The van der Waals surface area contributed by atoms with Gasteiger partial charge in [-0.05, 0) is 128 Å². The van der Waals surface area contributed by atoms with E-state index in [9.17, 15) is 28.8 Å². The summed E-state index contributed by atoms with van der Waals surface area (Å²) in [5.41, 5.74) is -0.388. The molecule has 2 aromatic carbocycles. The first-order valence-electron chi connectivity index (χ1n) is 19.5. The summed E-state index contributed by atoms with van der Waals surface area (Å²) < 4.78 is 10.7. The van der Waals surface area contributed by atoms with Gasteiger partial charge in [-0.1, -0.05) is 36.4 Å². The molecular formula is C42H54N6O8. The smallest absolute Gasteiger partial charge is 0.408 e. The first-order chi connectivity index (χ1) is 26.4. The number of likely N-dealkylation sites (tertiary alicyclic amines) is 2. The first kappa shape index (κ1) is 40.3. The summed E-state index contributed by atoms with van der Waals surface area (Å²) in [5.74, 6) is -1.04. The highest BCUT2D eigenvalue weighted by atomic mass is 16.6. The topological polar surface area (TPSA) is 175 Å². The molecular weight excluding hydrogens is 716 g/mol. The Morgan fingerprint density at radius 2 is 0.929 bits per heavy atom. The van der Waals surface area contributed by atoms with Crippen molar-refractivity contribution in [1.29, 1.82) is 0 Å². The lowest BCUT2D eigenvalue weighted by Crippen LogP contribution is -2.54. The molecule has 0 bridgehead atoms. The number of hydrogen-bond donors (Lipinski definition) is 4. The van der Waals surface area contributed by atoms with Crippen molar-refractivity contribution in [2.75, 3.05) is 23.7 Å². The molecule has 2 saturated heterocycles. The van der Waals surface area contributed by atoms with Gasteiger partial charge in [-0.25, -0.2) is 9.59 Å². The third-order valence-electron chi connectivity index (χ3n) is 10.3. The molecule has 2 atom stereocenters. The molecule has 0 radical (unpaired) electrons. The van der Waals surface area contributed by atoms with Crippen molar-refractivity contribution in [3.05, 3.63) is 59.7 Å². The zero-order valence-electron chi connectivity index (χ0n) is 33.2. The lowest BCUT2D eigenvalue weighted by atomic mass is 10.1. The predicted octanol–water partition coefficient (Wildman–Crippen LogP) is 5.83. The normalized spacial score (nSPS) is 20.9. The van der Waals surface area contributed by atoms with E-state index in [0.717, 1.165) is 11.1 Å². The number of carbonyl (C=O) groups excluding carboxylic acids is 6. The lowest BCUT2D eigenvalue weighted by molar-refractivity contribution is -0.139. The summed E-state index contributed by atoms with van der Waals surface area (Å²) in [6, 6.07) is 13.5. The van der Waals surface area contributed by atoms with Crippen LogP contribution in [0.3, 0.4) is 0 Å². The average Bonchev–Trinajstić information content (AvgIpc) is 3.94. The van der Waals surface area contributed by atoms with Crippen LogP contribution in [0.15, 0.2) is 48.5 Å². The van der Waals surface area contributed by atoms with Crippen molar-refractivity contribution >= 4 is 59.3 Å². The summed E-state index contributed by atoms with van der Waals surface area (Å²) in [6.45, 7) is 11.5.